The molecule has 2 aliphatic rings. The normalized spacial score (nSPS) is 15.6. The average molecular weight is 437 g/mol. The van der Waals surface area contributed by atoms with E-state index in [0.717, 1.165) is 51.3 Å². The smallest absolute Gasteiger partial charge is 0.264 e. The SMILES string of the molecule is COc1cccc(N2CCN(C(=O)c3ccc(-c4ccc5c(c4)OCCO5)s3)CC2)c1. The highest BCUT2D eigenvalue weighted by Crippen LogP contribution is 2.37. The van der Waals surface area contributed by atoms with Gasteiger partial charge in [-0.1, -0.05) is 6.07 Å². The van der Waals surface area contributed by atoms with Gasteiger partial charge in [-0.25, -0.2) is 0 Å². The molecule has 160 valence electrons. The van der Waals surface area contributed by atoms with E-state index in [0.29, 0.717) is 26.3 Å². The Labute approximate surface area is 185 Å². The number of fused-ring (bicyclic) bond motifs is 1. The molecule has 1 saturated heterocycles. The van der Waals surface area contributed by atoms with Gasteiger partial charge in [0.25, 0.3) is 5.91 Å². The Morgan fingerprint density at radius 3 is 2.55 bits per heavy atom. The van der Waals surface area contributed by atoms with Crippen molar-refractivity contribution in [3.63, 3.8) is 0 Å². The maximum Gasteiger partial charge on any atom is 0.264 e. The lowest BCUT2D eigenvalue weighted by atomic mass is 10.1. The Balaban J connectivity index is 1.25. The van der Waals surface area contributed by atoms with E-state index in [-0.39, 0.29) is 5.91 Å². The second kappa shape index (κ2) is 8.51. The molecule has 2 aromatic carbocycles. The topological polar surface area (TPSA) is 51.2 Å². The summed E-state index contributed by atoms with van der Waals surface area (Å²) in [5.41, 5.74) is 2.17. The number of nitrogens with zero attached hydrogens (tertiary/aromatic N) is 2. The molecule has 0 aliphatic carbocycles. The first-order valence-corrected chi connectivity index (χ1v) is 11.2. The van der Waals surface area contributed by atoms with Gasteiger partial charge in [-0.2, -0.15) is 0 Å². The second-order valence-electron chi connectivity index (χ2n) is 7.50. The van der Waals surface area contributed by atoms with E-state index in [1.54, 1.807) is 7.11 Å². The largest absolute Gasteiger partial charge is 0.497 e. The summed E-state index contributed by atoms with van der Waals surface area (Å²) in [6.07, 6.45) is 0. The lowest BCUT2D eigenvalue weighted by molar-refractivity contribution is 0.0751. The molecule has 0 atom stereocenters. The molecule has 1 fully saturated rings. The molecule has 6 nitrogen and oxygen atoms in total. The maximum atomic E-state index is 13.1. The first kappa shape index (κ1) is 19.8. The molecule has 2 aliphatic heterocycles. The van der Waals surface area contributed by atoms with Crippen molar-refractivity contribution in [2.75, 3.05) is 51.4 Å². The summed E-state index contributed by atoms with van der Waals surface area (Å²) in [5.74, 6) is 2.48. The summed E-state index contributed by atoms with van der Waals surface area (Å²) in [6.45, 7) is 4.15. The van der Waals surface area contributed by atoms with Crippen LogP contribution >= 0.6 is 11.3 Å². The van der Waals surface area contributed by atoms with Gasteiger partial charge in [-0.15, -0.1) is 11.3 Å². The number of ether oxygens (including phenoxy) is 3. The molecule has 3 aromatic rings. The Morgan fingerprint density at radius 1 is 0.935 bits per heavy atom. The zero-order chi connectivity index (χ0) is 21.2. The van der Waals surface area contributed by atoms with Gasteiger partial charge in [0.15, 0.2) is 11.5 Å². The van der Waals surface area contributed by atoms with Crippen LogP contribution in [-0.4, -0.2) is 57.3 Å². The van der Waals surface area contributed by atoms with Crippen molar-refractivity contribution < 1.29 is 19.0 Å². The summed E-state index contributed by atoms with van der Waals surface area (Å²) in [4.78, 5) is 19.1. The first-order chi connectivity index (χ1) is 15.2. The van der Waals surface area contributed by atoms with E-state index in [1.807, 2.05) is 53.4 Å². The summed E-state index contributed by atoms with van der Waals surface area (Å²) in [5, 5.41) is 0. The number of amides is 1. The summed E-state index contributed by atoms with van der Waals surface area (Å²) in [6, 6.07) is 17.9. The van der Waals surface area contributed by atoms with Crippen LogP contribution in [0.4, 0.5) is 5.69 Å². The predicted molar refractivity (Wildman–Crippen MR) is 122 cm³/mol. The quantitative estimate of drug-likeness (QED) is 0.615. The van der Waals surface area contributed by atoms with Gasteiger partial charge < -0.3 is 24.0 Å². The number of carbonyl (C=O) groups is 1. The molecule has 0 saturated carbocycles. The Hall–Kier alpha value is -3.19. The van der Waals surface area contributed by atoms with Crippen LogP contribution in [-0.2, 0) is 0 Å². The third-order valence-electron chi connectivity index (χ3n) is 5.63. The Bertz CT molecular complexity index is 1090. The minimum atomic E-state index is 0.0964. The number of rotatable bonds is 4. The molecule has 3 heterocycles. The van der Waals surface area contributed by atoms with Crippen LogP contribution in [0.1, 0.15) is 9.67 Å². The average Bonchev–Trinajstić information content (AvgIpc) is 3.34. The molecule has 0 N–H and O–H groups in total. The summed E-state index contributed by atoms with van der Waals surface area (Å²) in [7, 11) is 1.68. The fourth-order valence-corrected chi connectivity index (χ4v) is 4.91. The van der Waals surface area contributed by atoms with Gasteiger partial charge in [0.1, 0.15) is 19.0 Å². The highest BCUT2D eigenvalue weighted by Gasteiger charge is 2.24. The minimum absolute atomic E-state index is 0.0964. The molecule has 31 heavy (non-hydrogen) atoms. The predicted octanol–water partition coefficient (Wildman–Crippen LogP) is 4.16. The number of anilines is 1. The van der Waals surface area contributed by atoms with E-state index >= 15 is 0 Å². The van der Waals surface area contributed by atoms with Gasteiger partial charge in [0.2, 0.25) is 0 Å². The number of hydrogen-bond acceptors (Lipinski definition) is 6. The van der Waals surface area contributed by atoms with Crippen LogP contribution in [0.3, 0.4) is 0 Å². The number of hydrogen-bond donors (Lipinski definition) is 0. The van der Waals surface area contributed by atoms with E-state index in [9.17, 15) is 4.79 Å². The number of carbonyl (C=O) groups excluding carboxylic acids is 1. The molecule has 1 aromatic heterocycles. The maximum absolute atomic E-state index is 13.1. The molecule has 0 bridgehead atoms. The monoisotopic (exact) mass is 436 g/mol. The van der Waals surface area contributed by atoms with Crippen molar-refractivity contribution in [3.8, 4) is 27.7 Å². The fraction of sp³-hybridized carbons (Fsp3) is 0.292. The van der Waals surface area contributed by atoms with Gasteiger partial charge in [0.05, 0.1) is 12.0 Å². The van der Waals surface area contributed by atoms with Crippen molar-refractivity contribution in [1.82, 2.24) is 4.90 Å². The van der Waals surface area contributed by atoms with Crippen LogP contribution < -0.4 is 19.1 Å². The van der Waals surface area contributed by atoms with E-state index in [2.05, 4.69) is 11.0 Å². The lowest BCUT2D eigenvalue weighted by Gasteiger charge is -2.36. The van der Waals surface area contributed by atoms with Crippen LogP contribution in [0.2, 0.25) is 0 Å². The van der Waals surface area contributed by atoms with Crippen molar-refractivity contribution in [2.45, 2.75) is 0 Å². The second-order valence-corrected chi connectivity index (χ2v) is 8.59. The number of piperazine rings is 1. The first-order valence-electron chi connectivity index (χ1n) is 10.4. The molecule has 7 heteroatoms. The van der Waals surface area contributed by atoms with Crippen molar-refractivity contribution in [3.05, 3.63) is 59.5 Å². The molecule has 5 rings (SSSR count). The van der Waals surface area contributed by atoms with Gasteiger partial charge in [0, 0.05) is 42.8 Å². The van der Waals surface area contributed by atoms with Gasteiger partial charge in [-0.3, -0.25) is 4.79 Å². The third kappa shape index (κ3) is 4.05. The lowest BCUT2D eigenvalue weighted by Crippen LogP contribution is -2.48. The van der Waals surface area contributed by atoms with E-state index < -0.39 is 0 Å². The minimum Gasteiger partial charge on any atom is -0.497 e. The van der Waals surface area contributed by atoms with Crippen molar-refractivity contribution >= 4 is 22.9 Å². The van der Waals surface area contributed by atoms with Crippen LogP contribution in [0.5, 0.6) is 17.2 Å². The Kier molecular flexibility index (Phi) is 5.42. The molecule has 0 radical (unpaired) electrons. The number of thiophene rings is 1. The fourth-order valence-electron chi connectivity index (χ4n) is 3.94. The van der Waals surface area contributed by atoms with Crippen LogP contribution in [0.25, 0.3) is 10.4 Å². The molecule has 1 amide bonds. The van der Waals surface area contributed by atoms with Crippen LogP contribution in [0.15, 0.2) is 54.6 Å². The van der Waals surface area contributed by atoms with E-state index in [1.165, 1.54) is 11.3 Å². The molecular formula is C24H24N2O4S. The summed E-state index contributed by atoms with van der Waals surface area (Å²) < 4.78 is 16.6. The van der Waals surface area contributed by atoms with Crippen molar-refractivity contribution in [2.24, 2.45) is 0 Å². The van der Waals surface area contributed by atoms with Gasteiger partial charge >= 0.3 is 0 Å². The zero-order valence-corrected chi connectivity index (χ0v) is 18.2. The standard InChI is InChI=1S/C24H24N2O4S/c1-28-19-4-2-3-18(16-19)25-9-11-26(12-10-25)24(27)23-8-7-22(31-23)17-5-6-20-21(15-17)30-14-13-29-20/h2-8,15-16H,9-14H2,1H3. The highest BCUT2D eigenvalue weighted by molar-refractivity contribution is 7.17. The van der Waals surface area contributed by atoms with Gasteiger partial charge in [-0.05, 0) is 48.0 Å². The number of benzene rings is 2. The molecule has 0 unspecified atom stereocenters. The molecular weight excluding hydrogens is 412 g/mol. The molecule has 0 spiro atoms. The van der Waals surface area contributed by atoms with Crippen LogP contribution in [0, 0.1) is 0 Å². The third-order valence-corrected chi connectivity index (χ3v) is 6.75. The number of methoxy groups -OCH3 is 1. The Morgan fingerprint density at radius 2 is 1.74 bits per heavy atom. The highest BCUT2D eigenvalue weighted by atomic mass is 32.1. The summed E-state index contributed by atoms with van der Waals surface area (Å²) >= 11 is 1.52. The van der Waals surface area contributed by atoms with Crippen molar-refractivity contribution in [1.29, 1.82) is 0 Å². The van der Waals surface area contributed by atoms with E-state index in [4.69, 9.17) is 14.2 Å². The zero-order valence-electron chi connectivity index (χ0n) is 17.4.